The Hall–Kier alpha value is -0.760. The first-order chi connectivity index (χ1) is 8.19. The topological polar surface area (TPSA) is 23.8 Å². The minimum absolute atomic E-state index is 0.661. The SMILES string of the molecule is N#Cc1cc(Br)cc(Sc2ccccc2Br)c1. The average molecular weight is 369 g/mol. The summed E-state index contributed by atoms with van der Waals surface area (Å²) in [5, 5.41) is 8.92. The Morgan fingerprint density at radius 3 is 2.53 bits per heavy atom. The number of hydrogen-bond acceptors (Lipinski definition) is 2. The van der Waals surface area contributed by atoms with Gasteiger partial charge < -0.3 is 0 Å². The largest absolute Gasteiger partial charge is 0.192 e. The van der Waals surface area contributed by atoms with Gasteiger partial charge in [0.05, 0.1) is 11.6 Å². The molecule has 2 aromatic rings. The van der Waals surface area contributed by atoms with E-state index in [1.165, 1.54) is 0 Å². The summed E-state index contributed by atoms with van der Waals surface area (Å²) in [5.74, 6) is 0. The van der Waals surface area contributed by atoms with Crippen LogP contribution >= 0.6 is 43.6 Å². The van der Waals surface area contributed by atoms with Gasteiger partial charge in [-0.2, -0.15) is 5.26 Å². The molecule has 0 atom stereocenters. The van der Waals surface area contributed by atoms with E-state index in [1.807, 2.05) is 42.5 Å². The van der Waals surface area contributed by atoms with Gasteiger partial charge in [-0.3, -0.25) is 0 Å². The maximum Gasteiger partial charge on any atom is 0.0992 e. The first-order valence-corrected chi connectivity index (χ1v) is 7.22. The Balaban J connectivity index is 2.34. The number of hydrogen-bond donors (Lipinski definition) is 0. The van der Waals surface area contributed by atoms with E-state index >= 15 is 0 Å². The van der Waals surface area contributed by atoms with Crippen LogP contribution in [0.25, 0.3) is 0 Å². The van der Waals surface area contributed by atoms with Crippen LogP contribution in [0.5, 0.6) is 0 Å². The van der Waals surface area contributed by atoms with Crippen LogP contribution in [0.4, 0.5) is 0 Å². The zero-order valence-corrected chi connectivity index (χ0v) is 12.6. The highest BCUT2D eigenvalue weighted by Crippen LogP contribution is 2.34. The molecule has 84 valence electrons. The van der Waals surface area contributed by atoms with Crippen LogP contribution in [-0.4, -0.2) is 0 Å². The molecule has 0 aliphatic carbocycles. The average Bonchev–Trinajstić information content (AvgIpc) is 2.31. The molecule has 0 heterocycles. The van der Waals surface area contributed by atoms with Crippen molar-refractivity contribution in [2.45, 2.75) is 9.79 Å². The van der Waals surface area contributed by atoms with Gasteiger partial charge in [0.1, 0.15) is 0 Å². The van der Waals surface area contributed by atoms with Crippen molar-refractivity contribution < 1.29 is 0 Å². The van der Waals surface area contributed by atoms with Crippen LogP contribution in [0.15, 0.2) is 61.2 Å². The number of rotatable bonds is 2. The van der Waals surface area contributed by atoms with Crippen molar-refractivity contribution >= 4 is 43.6 Å². The van der Waals surface area contributed by atoms with Crippen LogP contribution < -0.4 is 0 Å². The Morgan fingerprint density at radius 1 is 1.06 bits per heavy atom. The molecule has 2 rings (SSSR count). The highest BCUT2D eigenvalue weighted by atomic mass is 79.9. The van der Waals surface area contributed by atoms with Gasteiger partial charge in [0, 0.05) is 18.7 Å². The quantitative estimate of drug-likeness (QED) is 0.724. The fourth-order valence-electron chi connectivity index (χ4n) is 1.34. The second-order valence-corrected chi connectivity index (χ2v) is 6.21. The number of nitriles is 1. The second-order valence-electron chi connectivity index (χ2n) is 3.32. The van der Waals surface area contributed by atoms with E-state index in [1.54, 1.807) is 11.8 Å². The summed E-state index contributed by atoms with van der Waals surface area (Å²) in [4.78, 5) is 2.18. The van der Waals surface area contributed by atoms with Gasteiger partial charge >= 0.3 is 0 Å². The van der Waals surface area contributed by atoms with Crippen LogP contribution in [0.1, 0.15) is 5.56 Å². The summed E-state index contributed by atoms with van der Waals surface area (Å²) in [5.41, 5.74) is 0.661. The summed E-state index contributed by atoms with van der Waals surface area (Å²) < 4.78 is 1.98. The minimum Gasteiger partial charge on any atom is -0.192 e. The fraction of sp³-hybridized carbons (Fsp3) is 0. The molecule has 0 saturated carbocycles. The van der Waals surface area contributed by atoms with Gasteiger partial charge in [0.2, 0.25) is 0 Å². The third kappa shape index (κ3) is 3.35. The van der Waals surface area contributed by atoms with E-state index in [0.29, 0.717) is 5.56 Å². The molecular formula is C13H7Br2NS. The Bertz CT molecular complexity index is 590. The number of nitrogens with zero attached hydrogens (tertiary/aromatic N) is 1. The monoisotopic (exact) mass is 367 g/mol. The first-order valence-electron chi connectivity index (χ1n) is 4.82. The van der Waals surface area contributed by atoms with E-state index in [-0.39, 0.29) is 0 Å². The van der Waals surface area contributed by atoms with E-state index in [2.05, 4.69) is 37.9 Å². The molecule has 0 aliphatic rings. The van der Waals surface area contributed by atoms with Gasteiger partial charge in [-0.05, 0) is 46.3 Å². The molecule has 0 amide bonds. The van der Waals surface area contributed by atoms with Crippen molar-refractivity contribution in [2.75, 3.05) is 0 Å². The third-order valence-corrected chi connectivity index (χ3v) is 4.52. The molecule has 0 fully saturated rings. The molecule has 0 unspecified atom stereocenters. The molecule has 0 aliphatic heterocycles. The summed E-state index contributed by atoms with van der Waals surface area (Å²) >= 11 is 8.55. The van der Waals surface area contributed by atoms with E-state index < -0.39 is 0 Å². The zero-order valence-electron chi connectivity index (χ0n) is 8.65. The predicted octanol–water partition coefficient (Wildman–Crippen LogP) is 5.23. The van der Waals surface area contributed by atoms with Gasteiger partial charge in [0.25, 0.3) is 0 Å². The Morgan fingerprint density at radius 2 is 1.82 bits per heavy atom. The first kappa shape index (κ1) is 12.7. The van der Waals surface area contributed by atoms with E-state index in [4.69, 9.17) is 5.26 Å². The van der Waals surface area contributed by atoms with Crippen LogP contribution in [0.3, 0.4) is 0 Å². The summed E-state index contributed by atoms with van der Waals surface area (Å²) in [6, 6.07) is 15.9. The van der Waals surface area contributed by atoms with Gasteiger partial charge in [0.15, 0.2) is 0 Å². The summed E-state index contributed by atoms with van der Waals surface area (Å²) in [6.07, 6.45) is 0. The standard InChI is InChI=1S/C13H7Br2NS/c14-10-5-9(8-16)6-11(7-10)17-13-4-2-1-3-12(13)15/h1-7H. The van der Waals surface area contributed by atoms with E-state index in [9.17, 15) is 0 Å². The highest BCUT2D eigenvalue weighted by molar-refractivity contribution is 9.10. The molecule has 0 radical (unpaired) electrons. The van der Waals surface area contributed by atoms with Gasteiger partial charge in [-0.15, -0.1) is 0 Å². The molecule has 0 bridgehead atoms. The number of benzene rings is 2. The molecular weight excluding hydrogens is 362 g/mol. The van der Waals surface area contributed by atoms with Gasteiger partial charge in [-0.1, -0.05) is 39.8 Å². The Labute approximate surface area is 121 Å². The molecule has 2 aromatic carbocycles. The molecule has 0 spiro atoms. The molecule has 1 nitrogen and oxygen atoms in total. The maximum absolute atomic E-state index is 8.92. The van der Waals surface area contributed by atoms with Crippen molar-refractivity contribution in [2.24, 2.45) is 0 Å². The maximum atomic E-state index is 8.92. The van der Waals surface area contributed by atoms with Crippen molar-refractivity contribution in [3.8, 4) is 6.07 Å². The zero-order chi connectivity index (χ0) is 12.3. The lowest BCUT2D eigenvalue weighted by Crippen LogP contribution is -1.79. The molecule has 0 saturated heterocycles. The van der Waals surface area contributed by atoms with Crippen molar-refractivity contribution in [3.05, 3.63) is 57.0 Å². The van der Waals surface area contributed by atoms with Crippen LogP contribution in [0, 0.1) is 11.3 Å². The highest BCUT2D eigenvalue weighted by Gasteiger charge is 2.04. The normalized spacial score (nSPS) is 9.94. The second kappa shape index (κ2) is 5.72. The van der Waals surface area contributed by atoms with Gasteiger partial charge in [-0.25, -0.2) is 0 Å². The predicted molar refractivity (Wildman–Crippen MR) is 77.1 cm³/mol. The summed E-state index contributed by atoms with van der Waals surface area (Å²) in [7, 11) is 0. The smallest absolute Gasteiger partial charge is 0.0992 e. The minimum atomic E-state index is 0.661. The van der Waals surface area contributed by atoms with Crippen molar-refractivity contribution in [1.29, 1.82) is 5.26 Å². The Kier molecular flexibility index (Phi) is 4.27. The lowest BCUT2D eigenvalue weighted by atomic mass is 10.2. The van der Waals surface area contributed by atoms with E-state index in [0.717, 1.165) is 18.7 Å². The van der Waals surface area contributed by atoms with Crippen molar-refractivity contribution in [3.63, 3.8) is 0 Å². The van der Waals surface area contributed by atoms with Crippen LogP contribution in [0.2, 0.25) is 0 Å². The number of halogens is 2. The van der Waals surface area contributed by atoms with Crippen molar-refractivity contribution in [1.82, 2.24) is 0 Å². The lowest BCUT2D eigenvalue weighted by molar-refractivity contribution is 1.35. The summed E-state index contributed by atoms with van der Waals surface area (Å²) in [6.45, 7) is 0. The molecule has 0 aromatic heterocycles. The molecule has 0 N–H and O–H groups in total. The lowest BCUT2D eigenvalue weighted by Gasteiger charge is -2.05. The molecule has 17 heavy (non-hydrogen) atoms. The molecule has 4 heteroatoms. The van der Waals surface area contributed by atoms with Crippen LogP contribution in [-0.2, 0) is 0 Å². The third-order valence-electron chi connectivity index (χ3n) is 2.06. The fourth-order valence-corrected chi connectivity index (χ4v) is 3.45.